The Morgan fingerprint density at radius 2 is 1.48 bits per heavy atom. The van der Waals surface area contributed by atoms with Gasteiger partial charge in [-0.05, 0) is 63.6 Å². The van der Waals surface area contributed by atoms with E-state index in [0.29, 0.717) is 46.0 Å². The fourth-order valence-electron chi connectivity index (χ4n) is 4.22. The minimum Gasteiger partial charge on any atom is -0.459 e. The number of hydrogen-bond acceptors (Lipinski definition) is 8. The molecule has 42 heavy (non-hydrogen) atoms. The Morgan fingerprint density at radius 3 is 2.21 bits per heavy atom. The van der Waals surface area contributed by atoms with Crippen molar-refractivity contribution >= 4 is 34.9 Å². The maximum Gasteiger partial charge on any atom is 0.325 e. The normalized spacial score (nSPS) is 11.0. The minimum absolute atomic E-state index is 0.0557. The molecule has 0 saturated carbocycles. The van der Waals surface area contributed by atoms with Gasteiger partial charge in [-0.25, -0.2) is 4.98 Å². The number of anilines is 3. The lowest BCUT2D eigenvalue weighted by Gasteiger charge is -2.20. The molecule has 8 heteroatoms. The number of ketones is 1. The largest absolute Gasteiger partial charge is 0.459 e. The average molecular weight is 566 g/mol. The quantitative estimate of drug-likeness (QED) is 0.112. The summed E-state index contributed by atoms with van der Waals surface area (Å²) in [4.78, 5) is 42.9. The van der Waals surface area contributed by atoms with E-state index in [1.807, 2.05) is 58.0 Å². The van der Waals surface area contributed by atoms with Crippen molar-refractivity contribution in [2.75, 3.05) is 17.2 Å². The second-order valence-electron chi connectivity index (χ2n) is 10.6. The van der Waals surface area contributed by atoms with Gasteiger partial charge in [0.15, 0.2) is 11.5 Å². The number of para-hydroxylation sites is 2. The zero-order valence-corrected chi connectivity index (χ0v) is 24.3. The van der Waals surface area contributed by atoms with Gasteiger partial charge in [0.2, 0.25) is 0 Å². The first-order chi connectivity index (χ1) is 20.1. The van der Waals surface area contributed by atoms with Gasteiger partial charge in [0, 0.05) is 28.8 Å². The van der Waals surface area contributed by atoms with Crippen LogP contribution in [-0.4, -0.2) is 34.9 Å². The summed E-state index contributed by atoms with van der Waals surface area (Å²) in [5.74, 6) is -0.180. The maximum absolute atomic E-state index is 13.3. The lowest BCUT2D eigenvalue weighted by atomic mass is 10.0. The van der Waals surface area contributed by atoms with E-state index in [9.17, 15) is 14.4 Å². The van der Waals surface area contributed by atoms with E-state index in [1.54, 1.807) is 60.7 Å². The van der Waals surface area contributed by atoms with Crippen LogP contribution in [0, 0.1) is 0 Å². The number of esters is 2. The summed E-state index contributed by atoms with van der Waals surface area (Å²) in [6.07, 6.45) is 0.863. The van der Waals surface area contributed by atoms with Crippen LogP contribution in [0.25, 0.3) is 11.3 Å². The number of benzene rings is 3. The molecule has 8 nitrogen and oxygen atoms in total. The first kappa shape index (κ1) is 30.0. The summed E-state index contributed by atoms with van der Waals surface area (Å²) in [5.41, 5.74) is 2.61. The van der Waals surface area contributed by atoms with Gasteiger partial charge in [-0.2, -0.15) is 0 Å². The van der Waals surface area contributed by atoms with Gasteiger partial charge >= 0.3 is 11.9 Å². The number of rotatable bonds is 11. The number of ether oxygens (including phenoxy) is 2. The van der Waals surface area contributed by atoms with Gasteiger partial charge < -0.3 is 20.1 Å². The summed E-state index contributed by atoms with van der Waals surface area (Å²) in [6.45, 7) is 7.27. The van der Waals surface area contributed by atoms with Crippen molar-refractivity contribution in [1.82, 2.24) is 4.98 Å². The molecule has 4 rings (SSSR count). The SMILES string of the molecule is CCCC(=O)Oc1c(Nc2ccccc2C(=O)c2ccccc2)cccc1-c1cccc(NCC(=O)OC(C)(C)C)n1. The highest BCUT2D eigenvalue weighted by molar-refractivity contribution is 6.12. The standard InChI is InChI=1S/C34H35N3O5/c1-5-13-30(38)41-33-25(27-19-12-21-29(37-27)35-22-31(39)42-34(2,3)4)17-11-20-28(33)36-26-18-10-9-16-24(26)32(40)23-14-7-6-8-15-23/h6-12,14-21,36H,5,13,22H2,1-4H3,(H,35,37). The number of hydrogen-bond donors (Lipinski definition) is 2. The Labute approximate surface area is 246 Å². The van der Waals surface area contributed by atoms with Crippen molar-refractivity contribution in [1.29, 1.82) is 0 Å². The van der Waals surface area contributed by atoms with Crippen molar-refractivity contribution in [2.24, 2.45) is 0 Å². The maximum atomic E-state index is 13.3. The number of carbonyl (C=O) groups is 3. The molecule has 0 saturated heterocycles. The minimum atomic E-state index is -0.594. The molecule has 2 N–H and O–H groups in total. The van der Waals surface area contributed by atoms with Crippen molar-refractivity contribution in [3.63, 3.8) is 0 Å². The molecule has 0 atom stereocenters. The number of nitrogens with one attached hydrogen (secondary N) is 2. The number of nitrogens with zero attached hydrogens (tertiary/aromatic N) is 1. The van der Waals surface area contributed by atoms with Crippen molar-refractivity contribution < 1.29 is 23.9 Å². The zero-order valence-electron chi connectivity index (χ0n) is 24.3. The van der Waals surface area contributed by atoms with Crippen LogP contribution in [-0.2, 0) is 14.3 Å². The van der Waals surface area contributed by atoms with Crippen LogP contribution >= 0.6 is 0 Å². The van der Waals surface area contributed by atoms with Crippen molar-refractivity contribution in [2.45, 2.75) is 46.1 Å². The first-order valence-corrected chi connectivity index (χ1v) is 13.9. The highest BCUT2D eigenvalue weighted by Crippen LogP contribution is 2.39. The second-order valence-corrected chi connectivity index (χ2v) is 10.6. The lowest BCUT2D eigenvalue weighted by Crippen LogP contribution is -2.28. The molecule has 0 bridgehead atoms. The number of pyridine rings is 1. The molecule has 0 radical (unpaired) electrons. The van der Waals surface area contributed by atoms with Gasteiger partial charge in [0.1, 0.15) is 18.0 Å². The molecule has 0 amide bonds. The Balaban J connectivity index is 1.68. The summed E-state index contributed by atoms with van der Waals surface area (Å²) < 4.78 is 11.3. The molecular formula is C34H35N3O5. The third kappa shape index (κ3) is 8.04. The van der Waals surface area contributed by atoms with Gasteiger partial charge in [-0.3, -0.25) is 14.4 Å². The smallest absolute Gasteiger partial charge is 0.325 e. The first-order valence-electron chi connectivity index (χ1n) is 13.9. The van der Waals surface area contributed by atoms with Gasteiger partial charge in [-0.15, -0.1) is 0 Å². The summed E-state index contributed by atoms with van der Waals surface area (Å²) in [5, 5.41) is 6.32. The highest BCUT2D eigenvalue weighted by atomic mass is 16.6. The molecule has 216 valence electrons. The zero-order chi connectivity index (χ0) is 30.1. The van der Waals surface area contributed by atoms with E-state index >= 15 is 0 Å². The third-order valence-electron chi connectivity index (χ3n) is 6.02. The summed E-state index contributed by atoms with van der Waals surface area (Å²) >= 11 is 0. The van der Waals surface area contributed by atoms with Crippen LogP contribution in [0.3, 0.4) is 0 Å². The molecule has 0 aliphatic rings. The van der Waals surface area contributed by atoms with E-state index in [2.05, 4.69) is 15.6 Å². The van der Waals surface area contributed by atoms with Crippen molar-refractivity contribution in [3.05, 3.63) is 102 Å². The van der Waals surface area contributed by atoms with Gasteiger partial charge in [0.05, 0.1) is 11.4 Å². The predicted molar refractivity (Wildman–Crippen MR) is 164 cm³/mol. The molecule has 1 aromatic heterocycles. The molecule has 0 aliphatic carbocycles. The second kappa shape index (κ2) is 13.6. The third-order valence-corrected chi connectivity index (χ3v) is 6.02. The predicted octanol–water partition coefficient (Wildman–Crippen LogP) is 7.18. The van der Waals surface area contributed by atoms with Crippen LogP contribution in [0.15, 0.2) is 91.0 Å². The molecule has 1 heterocycles. The van der Waals surface area contributed by atoms with Gasteiger partial charge in [-0.1, -0.05) is 61.5 Å². The monoisotopic (exact) mass is 565 g/mol. The van der Waals surface area contributed by atoms with Crippen LogP contribution < -0.4 is 15.4 Å². The van der Waals surface area contributed by atoms with Crippen LogP contribution in [0.2, 0.25) is 0 Å². The van der Waals surface area contributed by atoms with Crippen LogP contribution in [0.5, 0.6) is 5.75 Å². The Kier molecular flexibility index (Phi) is 9.70. The fourth-order valence-corrected chi connectivity index (χ4v) is 4.22. The van der Waals surface area contributed by atoms with E-state index in [0.717, 1.165) is 0 Å². The Morgan fingerprint density at radius 1 is 0.786 bits per heavy atom. The lowest BCUT2D eigenvalue weighted by molar-refractivity contribution is -0.152. The van der Waals surface area contributed by atoms with E-state index in [-0.39, 0.29) is 30.5 Å². The van der Waals surface area contributed by atoms with Crippen LogP contribution in [0.4, 0.5) is 17.2 Å². The van der Waals surface area contributed by atoms with E-state index in [1.165, 1.54) is 0 Å². The molecule has 0 aliphatic heterocycles. The molecule has 3 aromatic carbocycles. The van der Waals surface area contributed by atoms with Crippen LogP contribution in [0.1, 0.15) is 56.5 Å². The summed E-state index contributed by atoms with van der Waals surface area (Å²) in [7, 11) is 0. The topological polar surface area (TPSA) is 107 Å². The summed E-state index contributed by atoms with van der Waals surface area (Å²) in [6, 6.07) is 27.0. The van der Waals surface area contributed by atoms with E-state index < -0.39 is 11.6 Å². The fraction of sp³-hybridized carbons (Fsp3) is 0.235. The molecule has 0 fully saturated rings. The number of carbonyl (C=O) groups excluding carboxylic acids is 3. The molecule has 0 unspecified atom stereocenters. The Bertz CT molecular complexity index is 1560. The molecular weight excluding hydrogens is 530 g/mol. The number of aromatic nitrogens is 1. The average Bonchev–Trinajstić information content (AvgIpc) is 2.97. The highest BCUT2D eigenvalue weighted by Gasteiger charge is 2.20. The van der Waals surface area contributed by atoms with Gasteiger partial charge in [0.25, 0.3) is 0 Å². The Hall–Kier alpha value is -4.98. The molecule has 4 aromatic rings. The molecule has 0 spiro atoms. The van der Waals surface area contributed by atoms with E-state index in [4.69, 9.17) is 9.47 Å². The van der Waals surface area contributed by atoms with Crippen molar-refractivity contribution in [3.8, 4) is 17.0 Å².